The second-order valence-electron chi connectivity index (χ2n) is 5.55. The fourth-order valence-corrected chi connectivity index (χ4v) is 3.88. The van der Waals surface area contributed by atoms with Crippen LogP contribution in [-0.4, -0.2) is 37.0 Å². The highest BCUT2D eigenvalue weighted by Gasteiger charge is 2.24. The van der Waals surface area contributed by atoms with E-state index in [-0.39, 0.29) is 5.91 Å². The predicted octanol–water partition coefficient (Wildman–Crippen LogP) is 3.89. The number of halogens is 1. The monoisotopic (exact) mass is 334 g/mol. The molecular formula is C17H19ClN2OS. The highest BCUT2D eigenvalue weighted by atomic mass is 35.5. The molecule has 3 nitrogen and oxygen atoms in total. The molecule has 0 bridgehead atoms. The summed E-state index contributed by atoms with van der Waals surface area (Å²) in [6.07, 6.45) is 2.20. The van der Waals surface area contributed by atoms with Gasteiger partial charge in [0.1, 0.15) is 0 Å². The Balaban J connectivity index is 1.75. The molecule has 0 saturated carbocycles. The molecular weight excluding hydrogens is 316 g/mol. The average molecular weight is 335 g/mol. The third-order valence-corrected chi connectivity index (χ3v) is 5.44. The number of likely N-dealkylation sites (tertiary alicyclic amines) is 1. The first-order valence-corrected chi connectivity index (χ1v) is 8.69. The smallest absolute Gasteiger partial charge is 0.263 e. The van der Waals surface area contributed by atoms with Crippen LogP contribution in [0.2, 0.25) is 5.02 Å². The summed E-state index contributed by atoms with van der Waals surface area (Å²) in [5.41, 5.74) is 1.10. The minimum absolute atomic E-state index is 0.144. The van der Waals surface area contributed by atoms with E-state index in [2.05, 4.69) is 5.32 Å². The summed E-state index contributed by atoms with van der Waals surface area (Å²) in [5.74, 6) is 0.144. The predicted molar refractivity (Wildman–Crippen MR) is 92.8 cm³/mol. The van der Waals surface area contributed by atoms with Gasteiger partial charge in [-0.2, -0.15) is 0 Å². The Bertz CT molecular complexity index is 653. The van der Waals surface area contributed by atoms with E-state index in [1.807, 2.05) is 48.3 Å². The summed E-state index contributed by atoms with van der Waals surface area (Å²) >= 11 is 7.47. The lowest BCUT2D eigenvalue weighted by atomic mass is 10.1. The maximum Gasteiger partial charge on any atom is 0.263 e. The first-order chi connectivity index (χ1) is 10.7. The van der Waals surface area contributed by atoms with Crippen LogP contribution >= 0.6 is 22.9 Å². The van der Waals surface area contributed by atoms with Crippen LogP contribution in [0.4, 0.5) is 0 Å². The Morgan fingerprint density at radius 2 is 2.05 bits per heavy atom. The fraction of sp³-hybridized carbons (Fsp3) is 0.353. The number of carbonyl (C=O) groups excluding carboxylic acids is 1. The maximum absolute atomic E-state index is 12.6. The van der Waals surface area contributed by atoms with Crippen molar-refractivity contribution < 1.29 is 4.79 Å². The minimum atomic E-state index is 0.144. The number of benzene rings is 1. The van der Waals surface area contributed by atoms with Crippen LogP contribution in [0.5, 0.6) is 0 Å². The lowest BCUT2D eigenvalue weighted by molar-refractivity contribution is 0.0703. The zero-order valence-corrected chi connectivity index (χ0v) is 14.1. The van der Waals surface area contributed by atoms with Crippen LogP contribution in [-0.2, 0) is 0 Å². The number of thiophene rings is 1. The molecule has 1 aromatic carbocycles. The molecule has 22 heavy (non-hydrogen) atoms. The van der Waals surface area contributed by atoms with E-state index >= 15 is 0 Å². The minimum Gasteiger partial charge on any atom is -0.336 e. The van der Waals surface area contributed by atoms with Gasteiger partial charge in [0.15, 0.2) is 0 Å². The number of piperidine rings is 1. The lowest BCUT2D eigenvalue weighted by Gasteiger charge is -2.32. The van der Waals surface area contributed by atoms with E-state index in [9.17, 15) is 4.79 Å². The van der Waals surface area contributed by atoms with Gasteiger partial charge in [0.25, 0.3) is 5.91 Å². The number of nitrogens with zero attached hydrogens (tertiary/aromatic N) is 1. The molecule has 2 aromatic rings. The Morgan fingerprint density at radius 3 is 2.77 bits per heavy atom. The van der Waals surface area contributed by atoms with Crippen LogP contribution in [0, 0.1) is 0 Å². The third kappa shape index (κ3) is 3.35. The Hall–Kier alpha value is -1.36. The van der Waals surface area contributed by atoms with Crippen molar-refractivity contribution >= 4 is 28.8 Å². The van der Waals surface area contributed by atoms with Gasteiger partial charge in [0, 0.05) is 29.0 Å². The molecule has 0 aliphatic carbocycles. The standard InChI is InChI=1S/C17H19ClN2OS/c1-19-14-3-2-10-20(11-14)17(21)16-9-8-15(22-16)12-4-6-13(18)7-5-12/h4-9,14,19H,2-3,10-11H2,1H3. The first kappa shape index (κ1) is 15.5. The number of hydrogen-bond acceptors (Lipinski definition) is 3. The highest BCUT2D eigenvalue weighted by molar-refractivity contribution is 7.17. The van der Waals surface area contributed by atoms with Crippen molar-refractivity contribution in [2.24, 2.45) is 0 Å². The molecule has 1 fully saturated rings. The van der Waals surface area contributed by atoms with E-state index in [4.69, 9.17) is 11.6 Å². The summed E-state index contributed by atoms with van der Waals surface area (Å²) < 4.78 is 0. The Morgan fingerprint density at radius 1 is 1.27 bits per heavy atom. The van der Waals surface area contributed by atoms with Crippen molar-refractivity contribution in [3.63, 3.8) is 0 Å². The molecule has 3 rings (SSSR count). The quantitative estimate of drug-likeness (QED) is 0.923. The zero-order valence-electron chi connectivity index (χ0n) is 12.5. The van der Waals surface area contributed by atoms with E-state index < -0.39 is 0 Å². The van der Waals surface area contributed by atoms with Crippen LogP contribution < -0.4 is 5.32 Å². The summed E-state index contributed by atoms with van der Waals surface area (Å²) in [6, 6.07) is 12.1. The van der Waals surface area contributed by atoms with Crippen LogP contribution in [0.15, 0.2) is 36.4 Å². The van der Waals surface area contributed by atoms with Gasteiger partial charge in [-0.1, -0.05) is 23.7 Å². The van der Waals surface area contributed by atoms with Gasteiger partial charge in [-0.25, -0.2) is 0 Å². The average Bonchev–Trinajstić information content (AvgIpc) is 3.05. The summed E-state index contributed by atoms with van der Waals surface area (Å²) in [7, 11) is 1.96. The van der Waals surface area contributed by atoms with Crippen LogP contribution in [0.3, 0.4) is 0 Å². The zero-order chi connectivity index (χ0) is 15.5. The SMILES string of the molecule is CNC1CCCN(C(=O)c2ccc(-c3ccc(Cl)cc3)s2)C1. The maximum atomic E-state index is 12.6. The van der Waals surface area contributed by atoms with Crippen molar-refractivity contribution in [2.45, 2.75) is 18.9 Å². The third-order valence-electron chi connectivity index (χ3n) is 4.06. The Labute approximate surface area is 139 Å². The molecule has 0 radical (unpaired) electrons. The molecule has 1 amide bonds. The Kier molecular flexibility index (Phi) is 4.81. The number of rotatable bonds is 3. The summed E-state index contributed by atoms with van der Waals surface area (Å²) in [4.78, 5) is 16.5. The summed E-state index contributed by atoms with van der Waals surface area (Å²) in [6.45, 7) is 1.65. The van der Waals surface area contributed by atoms with Gasteiger partial charge >= 0.3 is 0 Å². The van der Waals surface area contributed by atoms with Gasteiger partial charge in [-0.3, -0.25) is 4.79 Å². The first-order valence-electron chi connectivity index (χ1n) is 7.49. The molecule has 5 heteroatoms. The topological polar surface area (TPSA) is 32.3 Å². The number of hydrogen-bond donors (Lipinski definition) is 1. The molecule has 0 spiro atoms. The van der Waals surface area contributed by atoms with E-state index in [1.165, 1.54) is 0 Å². The number of carbonyl (C=O) groups is 1. The summed E-state index contributed by atoms with van der Waals surface area (Å²) in [5, 5.41) is 4.00. The van der Waals surface area contributed by atoms with E-state index in [1.54, 1.807) is 11.3 Å². The van der Waals surface area contributed by atoms with Gasteiger partial charge in [-0.05, 0) is 49.7 Å². The highest BCUT2D eigenvalue weighted by Crippen LogP contribution is 2.30. The molecule has 1 aromatic heterocycles. The normalized spacial score (nSPS) is 18.5. The second kappa shape index (κ2) is 6.82. The van der Waals surface area contributed by atoms with E-state index in [0.29, 0.717) is 6.04 Å². The number of amides is 1. The van der Waals surface area contributed by atoms with Crippen molar-refractivity contribution in [3.8, 4) is 10.4 Å². The molecule has 116 valence electrons. The largest absolute Gasteiger partial charge is 0.336 e. The molecule has 1 atom stereocenters. The molecule has 1 aliphatic heterocycles. The van der Waals surface area contributed by atoms with Crippen molar-refractivity contribution in [2.75, 3.05) is 20.1 Å². The fourth-order valence-electron chi connectivity index (χ4n) is 2.78. The number of likely N-dealkylation sites (N-methyl/N-ethyl adjacent to an activating group) is 1. The van der Waals surface area contributed by atoms with Crippen LogP contribution in [0.25, 0.3) is 10.4 Å². The van der Waals surface area contributed by atoms with Crippen LogP contribution in [0.1, 0.15) is 22.5 Å². The lowest BCUT2D eigenvalue weighted by Crippen LogP contribution is -2.46. The second-order valence-corrected chi connectivity index (χ2v) is 7.07. The molecule has 2 heterocycles. The van der Waals surface area contributed by atoms with Crippen molar-refractivity contribution in [1.29, 1.82) is 0 Å². The van der Waals surface area contributed by atoms with Crippen molar-refractivity contribution in [1.82, 2.24) is 10.2 Å². The van der Waals surface area contributed by atoms with E-state index in [0.717, 1.165) is 46.3 Å². The van der Waals surface area contributed by atoms with Gasteiger partial charge in [-0.15, -0.1) is 11.3 Å². The number of nitrogens with one attached hydrogen (secondary N) is 1. The molecule has 1 unspecified atom stereocenters. The molecule has 1 N–H and O–H groups in total. The molecule has 1 aliphatic rings. The van der Waals surface area contributed by atoms with Gasteiger partial charge < -0.3 is 10.2 Å². The van der Waals surface area contributed by atoms with Gasteiger partial charge in [0.2, 0.25) is 0 Å². The molecule has 1 saturated heterocycles. The van der Waals surface area contributed by atoms with Crippen molar-refractivity contribution in [3.05, 3.63) is 46.3 Å². The van der Waals surface area contributed by atoms with Gasteiger partial charge in [0.05, 0.1) is 4.88 Å².